The van der Waals surface area contributed by atoms with Gasteiger partial charge in [-0.05, 0) is 25.2 Å². The van der Waals surface area contributed by atoms with Crippen LogP contribution in [0.2, 0.25) is 0 Å². The largest absolute Gasteiger partial charge is 0.302 e. The minimum atomic E-state index is -0.127. The van der Waals surface area contributed by atoms with Crippen LogP contribution in [0.15, 0.2) is 5.38 Å². The van der Waals surface area contributed by atoms with Gasteiger partial charge < -0.3 is 10.6 Å². The molecule has 146 valence electrons. The number of aromatic nitrogens is 2. The molecular weight excluding hydrogens is 380 g/mol. The summed E-state index contributed by atoms with van der Waals surface area (Å²) in [7, 11) is 0. The highest BCUT2D eigenvalue weighted by atomic mass is 32.1. The maximum Gasteiger partial charge on any atom is 0.232 e. The summed E-state index contributed by atoms with van der Waals surface area (Å²) >= 11 is 2.94. The maximum absolute atomic E-state index is 12.3. The lowest BCUT2D eigenvalue weighted by Crippen LogP contribution is -2.18. The average molecular weight is 407 g/mol. The summed E-state index contributed by atoms with van der Waals surface area (Å²) in [6, 6.07) is 0. The smallest absolute Gasteiger partial charge is 0.232 e. The minimum absolute atomic E-state index is 0.0740. The Kier molecular flexibility index (Phi) is 6.59. The Labute approximate surface area is 167 Å². The van der Waals surface area contributed by atoms with Gasteiger partial charge in [0.15, 0.2) is 10.3 Å². The highest BCUT2D eigenvalue weighted by molar-refractivity contribution is 7.16. The Balaban J connectivity index is 1.54. The van der Waals surface area contributed by atoms with Crippen molar-refractivity contribution in [2.75, 3.05) is 10.6 Å². The summed E-state index contributed by atoms with van der Waals surface area (Å²) in [5.74, 6) is 0.447. The van der Waals surface area contributed by atoms with E-state index in [1.54, 1.807) is 16.7 Å². The highest BCUT2D eigenvalue weighted by Gasteiger charge is 2.22. The zero-order chi connectivity index (χ0) is 19.4. The zero-order valence-corrected chi connectivity index (χ0v) is 17.6. The van der Waals surface area contributed by atoms with Crippen LogP contribution in [0, 0.1) is 11.8 Å². The van der Waals surface area contributed by atoms with Crippen molar-refractivity contribution in [1.82, 2.24) is 9.97 Å². The number of carbonyl (C=O) groups excluding carboxylic acids is 2. The molecule has 0 spiro atoms. The summed E-state index contributed by atoms with van der Waals surface area (Å²) in [4.78, 5) is 34.3. The van der Waals surface area contributed by atoms with Crippen LogP contribution in [0.25, 0.3) is 0 Å². The second kappa shape index (κ2) is 8.93. The Morgan fingerprint density at radius 2 is 2.07 bits per heavy atom. The molecule has 0 saturated carbocycles. The molecule has 2 aromatic rings. The van der Waals surface area contributed by atoms with Gasteiger partial charge in [0.2, 0.25) is 11.8 Å². The molecule has 0 aromatic carbocycles. The van der Waals surface area contributed by atoms with E-state index in [-0.39, 0.29) is 24.2 Å². The van der Waals surface area contributed by atoms with Crippen molar-refractivity contribution < 1.29 is 9.59 Å². The first-order valence-corrected chi connectivity index (χ1v) is 11.2. The van der Waals surface area contributed by atoms with Gasteiger partial charge in [-0.2, -0.15) is 0 Å². The van der Waals surface area contributed by atoms with Gasteiger partial charge in [0.05, 0.1) is 17.8 Å². The molecule has 0 aliphatic heterocycles. The number of amides is 2. The summed E-state index contributed by atoms with van der Waals surface area (Å²) < 4.78 is 0. The van der Waals surface area contributed by atoms with Crippen LogP contribution >= 0.6 is 22.7 Å². The highest BCUT2D eigenvalue weighted by Crippen LogP contribution is 2.34. The van der Waals surface area contributed by atoms with E-state index in [2.05, 4.69) is 27.5 Å². The van der Waals surface area contributed by atoms with Gasteiger partial charge in [-0.3, -0.25) is 9.59 Å². The molecule has 0 radical (unpaired) electrons. The van der Waals surface area contributed by atoms with Gasteiger partial charge in [-0.15, -0.1) is 22.7 Å². The predicted molar refractivity (Wildman–Crippen MR) is 110 cm³/mol. The number of fused-ring (bicyclic) bond motifs is 1. The van der Waals surface area contributed by atoms with E-state index in [0.29, 0.717) is 16.0 Å². The lowest BCUT2D eigenvalue weighted by atomic mass is 9.88. The minimum Gasteiger partial charge on any atom is -0.302 e. The van der Waals surface area contributed by atoms with Crippen molar-refractivity contribution in [3.05, 3.63) is 21.6 Å². The van der Waals surface area contributed by atoms with Crippen molar-refractivity contribution in [3.63, 3.8) is 0 Å². The number of rotatable bonds is 7. The molecular formula is C19H26N4O2S2. The predicted octanol–water partition coefficient (Wildman–Crippen LogP) is 4.28. The Bertz CT molecular complexity index is 812. The average Bonchev–Trinajstić information content (AvgIpc) is 3.20. The fraction of sp³-hybridized carbons (Fsp3) is 0.579. The monoisotopic (exact) mass is 406 g/mol. The topological polar surface area (TPSA) is 84.0 Å². The van der Waals surface area contributed by atoms with Crippen molar-refractivity contribution in [3.8, 4) is 0 Å². The second-order valence-electron chi connectivity index (χ2n) is 7.30. The molecule has 2 N–H and O–H groups in total. The number of anilines is 2. The Morgan fingerprint density at radius 1 is 1.26 bits per heavy atom. The summed E-state index contributed by atoms with van der Waals surface area (Å²) in [5, 5.41) is 8.69. The van der Waals surface area contributed by atoms with Gasteiger partial charge >= 0.3 is 0 Å². The molecule has 6 nitrogen and oxygen atoms in total. The first-order valence-electron chi connectivity index (χ1n) is 9.48. The van der Waals surface area contributed by atoms with E-state index < -0.39 is 0 Å². The molecule has 1 aliphatic carbocycles. The number of hydrogen-bond donors (Lipinski definition) is 2. The molecule has 8 heteroatoms. The summed E-state index contributed by atoms with van der Waals surface area (Å²) in [6.07, 6.45) is 5.95. The zero-order valence-electron chi connectivity index (χ0n) is 16.0. The molecule has 3 rings (SSSR count). The SMILES string of the molecule is CCCC1CCc2nc(NC(=O)Cc3csc(NC(=O)C(C)C)n3)sc2C1. The second-order valence-corrected chi connectivity index (χ2v) is 9.24. The quantitative estimate of drug-likeness (QED) is 0.719. The lowest BCUT2D eigenvalue weighted by Gasteiger charge is -2.19. The van der Waals surface area contributed by atoms with Crippen LogP contribution in [0.4, 0.5) is 10.3 Å². The first kappa shape index (κ1) is 19.9. The number of nitrogens with zero attached hydrogens (tertiary/aromatic N) is 2. The van der Waals surface area contributed by atoms with Gasteiger partial charge in [-0.1, -0.05) is 33.6 Å². The molecule has 27 heavy (non-hydrogen) atoms. The molecule has 1 atom stereocenters. The van der Waals surface area contributed by atoms with Crippen LogP contribution in [-0.4, -0.2) is 21.8 Å². The first-order chi connectivity index (χ1) is 12.9. The molecule has 2 amide bonds. The van der Waals surface area contributed by atoms with Crippen LogP contribution in [0.5, 0.6) is 0 Å². The fourth-order valence-electron chi connectivity index (χ4n) is 3.17. The van der Waals surface area contributed by atoms with Crippen molar-refractivity contribution in [2.24, 2.45) is 11.8 Å². The molecule has 1 unspecified atom stereocenters. The van der Waals surface area contributed by atoms with E-state index in [0.717, 1.165) is 24.5 Å². The number of thiazole rings is 2. The number of nitrogens with one attached hydrogen (secondary N) is 2. The van der Waals surface area contributed by atoms with E-state index in [1.165, 1.54) is 35.5 Å². The third kappa shape index (κ3) is 5.35. The van der Waals surface area contributed by atoms with E-state index in [9.17, 15) is 9.59 Å². The Hall–Kier alpha value is -1.80. The molecule has 0 bridgehead atoms. The van der Waals surface area contributed by atoms with Gasteiger partial charge in [-0.25, -0.2) is 9.97 Å². The number of hydrogen-bond acceptors (Lipinski definition) is 6. The van der Waals surface area contributed by atoms with Gasteiger partial charge in [0.25, 0.3) is 0 Å². The third-order valence-corrected chi connectivity index (χ3v) is 6.47. The number of aryl methyl sites for hydroxylation is 1. The van der Waals surface area contributed by atoms with Crippen molar-refractivity contribution >= 4 is 44.8 Å². The van der Waals surface area contributed by atoms with Crippen molar-refractivity contribution in [2.45, 2.75) is 59.3 Å². The molecule has 0 fully saturated rings. The van der Waals surface area contributed by atoms with Crippen LogP contribution in [0.1, 0.15) is 56.3 Å². The third-order valence-electron chi connectivity index (χ3n) is 4.63. The van der Waals surface area contributed by atoms with Crippen LogP contribution in [0.3, 0.4) is 0 Å². The maximum atomic E-state index is 12.3. The molecule has 2 heterocycles. The van der Waals surface area contributed by atoms with Crippen LogP contribution in [-0.2, 0) is 28.9 Å². The fourth-order valence-corrected chi connectivity index (χ4v) is 5.03. The van der Waals surface area contributed by atoms with E-state index in [4.69, 9.17) is 0 Å². The standard InChI is InChI=1S/C19H26N4O2S2/c1-4-5-12-6-7-14-15(8-12)27-19(21-14)22-16(24)9-13-10-26-18(20-13)23-17(25)11(2)3/h10-12H,4-9H2,1-3H3,(H,20,23,25)(H,21,22,24). The van der Waals surface area contributed by atoms with E-state index in [1.807, 2.05) is 13.8 Å². The van der Waals surface area contributed by atoms with Gasteiger partial charge in [0, 0.05) is 16.2 Å². The molecule has 2 aromatic heterocycles. The van der Waals surface area contributed by atoms with Gasteiger partial charge in [0.1, 0.15) is 0 Å². The molecule has 0 saturated heterocycles. The van der Waals surface area contributed by atoms with Crippen molar-refractivity contribution in [1.29, 1.82) is 0 Å². The Morgan fingerprint density at radius 3 is 2.81 bits per heavy atom. The summed E-state index contributed by atoms with van der Waals surface area (Å²) in [5.41, 5.74) is 1.80. The molecule has 1 aliphatic rings. The number of carbonyl (C=O) groups is 2. The lowest BCUT2D eigenvalue weighted by molar-refractivity contribution is -0.119. The van der Waals surface area contributed by atoms with Crippen LogP contribution < -0.4 is 10.6 Å². The summed E-state index contributed by atoms with van der Waals surface area (Å²) in [6.45, 7) is 5.89. The normalized spacial score (nSPS) is 16.2. The van der Waals surface area contributed by atoms with E-state index >= 15 is 0 Å².